The normalized spacial score (nSPS) is 13.6. The zero-order chi connectivity index (χ0) is 20.3. The first kappa shape index (κ1) is 20.3. The standard InChI is InChI=1S/C21H25ClN2O4/c1-13-7-17(18(26-2)10-16(13)22)23-21(25)12-24-6-5-14-8-19(27-3)20(28-4)9-15(14)11-24/h7-10H,5-6,11-12H2,1-4H3,(H,23,25). The molecule has 0 aromatic heterocycles. The number of anilines is 1. The van der Waals surface area contributed by atoms with E-state index in [1.807, 2.05) is 25.1 Å². The summed E-state index contributed by atoms with van der Waals surface area (Å²) in [6.45, 7) is 3.66. The Bertz CT molecular complexity index is 885. The summed E-state index contributed by atoms with van der Waals surface area (Å²) in [7, 11) is 4.82. The van der Waals surface area contributed by atoms with Gasteiger partial charge in [-0.05, 0) is 48.2 Å². The minimum atomic E-state index is -0.0936. The quantitative estimate of drug-likeness (QED) is 0.796. The van der Waals surface area contributed by atoms with Crippen LogP contribution in [0.15, 0.2) is 24.3 Å². The van der Waals surface area contributed by atoms with Crippen LogP contribution in [0.1, 0.15) is 16.7 Å². The number of hydrogen-bond donors (Lipinski definition) is 1. The Morgan fingerprint density at radius 1 is 1.04 bits per heavy atom. The third-order valence-corrected chi connectivity index (χ3v) is 5.33. The molecule has 7 heteroatoms. The summed E-state index contributed by atoms with van der Waals surface area (Å²) in [4.78, 5) is 14.7. The lowest BCUT2D eigenvalue weighted by molar-refractivity contribution is -0.117. The number of hydrogen-bond acceptors (Lipinski definition) is 5. The predicted molar refractivity (Wildman–Crippen MR) is 110 cm³/mol. The molecule has 3 rings (SSSR count). The highest BCUT2D eigenvalue weighted by atomic mass is 35.5. The van der Waals surface area contributed by atoms with E-state index >= 15 is 0 Å². The molecular formula is C21H25ClN2O4. The molecule has 0 radical (unpaired) electrons. The first-order valence-corrected chi connectivity index (χ1v) is 9.43. The highest BCUT2D eigenvalue weighted by Crippen LogP contribution is 2.33. The molecule has 0 fully saturated rings. The fourth-order valence-corrected chi connectivity index (χ4v) is 3.55. The molecule has 2 aromatic rings. The Hall–Kier alpha value is -2.44. The van der Waals surface area contributed by atoms with Gasteiger partial charge in [0.15, 0.2) is 11.5 Å². The molecule has 1 aliphatic rings. The lowest BCUT2D eigenvalue weighted by Crippen LogP contribution is -2.37. The van der Waals surface area contributed by atoms with Crippen LogP contribution in [0.5, 0.6) is 17.2 Å². The van der Waals surface area contributed by atoms with Crippen molar-refractivity contribution in [3.05, 3.63) is 46.0 Å². The van der Waals surface area contributed by atoms with E-state index in [1.54, 1.807) is 27.4 Å². The van der Waals surface area contributed by atoms with Crippen LogP contribution in [0.4, 0.5) is 5.69 Å². The molecule has 0 bridgehead atoms. The zero-order valence-electron chi connectivity index (χ0n) is 16.6. The van der Waals surface area contributed by atoms with Crippen molar-refractivity contribution >= 4 is 23.2 Å². The molecule has 0 aliphatic carbocycles. The molecule has 0 saturated carbocycles. The molecule has 0 spiro atoms. The van der Waals surface area contributed by atoms with E-state index in [9.17, 15) is 4.79 Å². The first-order valence-electron chi connectivity index (χ1n) is 9.05. The molecule has 1 N–H and O–H groups in total. The Labute approximate surface area is 170 Å². The van der Waals surface area contributed by atoms with Crippen LogP contribution in [-0.4, -0.2) is 45.2 Å². The summed E-state index contributed by atoms with van der Waals surface area (Å²) in [5.41, 5.74) is 3.88. The Morgan fingerprint density at radius 3 is 2.32 bits per heavy atom. The molecule has 0 unspecified atom stereocenters. The van der Waals surface area contributed by atoms with Gasteiger partial charge in [0.2, 0.25) is 5.91 Å². The number of methoxy groups -OCH3 is 3. The van der Waals surface area contributed by atoms with Crippen molar-refractivity contribution < 1.29 is 19.0 Å². The fraction of sp³-hybridized carbons (Fsp3) is 0.381. The van der Waals surface area contributed by atoms with Gasteiger partial charge in [-0.2, -0.15) is 0 Å². The minimum absolute atomic E-state index is 0.0936. The van der Waals surface area contributed by atoms with Gasteiger partial charge in [0, 0.05) is 24.2 Å². The fourth-order valence-electron chi connectivity index (χ4n) is 3.40. The number of nitrogens with one attached hydrogen (secondary N) is 1. The number of aryl methyl sites for hydroxylation is 1. The maximum atomic E-state index is 12.6. The van der Waals surface area contributed by atoms with Crippen LogP contribution < -0.4 is 19.5 Å². The Balaban J connectivity index is 1.69. The minimum Gasteiger partial charge on any atom is -0.495 e. The Kier molecular flexibility index (Phi) is 6.31. The molecule has 1 heterocycles. The van der Waals surface area contributed by atoms with Gasteiger partial charge in [-0.1, -0.05) is 11.6 Å². The lowest BCUT2D eigenvalue weighted by Gasteiger charge is -2.29. The third-order valence-electron chi connectivity index (χ3n) is 4.92. The number of carbonyl (C=O) groups is 1. The second-order valence-electron chi connectivity index (χ2n) is 6.79. The molecule has 6 nitrogen and oxygen atoms in total. The number of halogens is 1. The average Bonchev–Trinajstić information content (AvgIpc) is 2.69. The highest BCUT2D eigenvalue weighted by molar-refractivity contribution is 6.31. The second kappa shape index (κ2) is 8.71. The van der Waals surface area contributed by atoms with E-state index in [2.05, 4.69) is 10.2 Å². The maximum Gasteiger partial charge on any atom is 0.238 e. The number of carbonyl (C=O) groups excluding carboxylic acids is 1. The van der Waals surface area contributed by atoms with Gasteiger partial charge in [0.05, 0.1) is 33.6 Å². The van der Waals surface area contributed by atoms with Crippen molar-refractivity contribution in [2.45, 2.75) is 19.9 Å². The highest BCUT2D eigenvalue weighted by Gasteiger charge is 2.21. The van der Waals surface area contributed by atoms with Gasteiger partial charge in [0.25, 0.3) is 0 Å². The van der Waals surface area contributed by atoms with Gasteiger partial charge in [-0.25, -0.2) is 0 Å². The number of rotatable bonds is 6. The van der Waals surface area contributed by atoms with E-state index in [4.69, 9.17) is 25.8 Å². The summed E-state index contributed by atoms with van der Waals surface area (Å²) in [5, 5.41) is 3.54. The predicted octanol–water partition coefficient (Wildman–Crippen LogP) is 3.67. The largest absolute Gasteiger partial charge is 0.495 e. The van der Waals surface area contributed by atoms with Gasteiger partial charge in [-0.15, -0.1) is 0 Å². The summed E-state index contributed by atoms with van der Waals surface area (Å²) in [6, 6.07) is 7.54. The van der Waals surface area contributed by atoms with Crippen molar-refractivity contribution in [1.29, 1.82) is 0 Å². The van der Waals surface area contributed by atoms with E-state index in [0.29, 0.717) is 35.3 Å². The van der Waals surface area contributed by atoms with Gasteiger partial charge in [-0.3, -0.25) is 9.69 Å². The van der Waals surface area contributed by atoms with Gasteiger partial charge < -0.3 is 19.5 Å². The first-order chi connectivity index (χ1) is 13.4. The monoisotopic (exact) mass is 404 g/mol. The molecular weight excluding hydrogens is 380 g/mol. The molecule has 1 amide bonds. The topological polar surface area (TPSA) is 60.0 Å². The van der Waals surface area contributed by atoms with E-state index in [0.717, 1.165) is 29.8 Å². The maximum absolute atomic E-state index is 12.6. The summed E-state index contributed by atoms with van der Waals surface area (Å²) in [6.07, 6.45) is 0.854. The van der Waals surface area contributed by atoms with Crippen molar-refractivity contribution in [3.8, 4) is 17.2 Å². The number of nitrogens with zero attached hydrogens (tertiary/aromatic N) is 1. The SMILES string of the molecule is COc1cc(Cl)c(C)cc1NC(=O)CN1CCc2cc(OC)c(OC)cc2C1. The van der Waals surface area contributed by atoms with Gasteiger partial charge >= 0.3 is 0 Å². The Morgan fingerprint density at radius 2 is 1.68 bits per heavy atom. The van der Waals surface area contributed by atoms with E-state index in [1.165, 1.54) is 5.56 Å². The van der Waals surface area contributed by atoms with E-state index in [-0.39, 0.29) is 5.91 Å². The molecule has 0 saturated heterocycles. The van der Waals surface area contributed by atoms with Crippen LogP contribution in [0, 0.1) is 6.92 Å². The average molecular weight is 405 g/mol. The number of benzene rings is 2. The van der Waals surface area contributed by atoms with Crippen molar-refractivity contribution in [1.82, 2.24) is 4.90 Å². The summed E-state index contributed by atoms with van der Waals surface area (Å²) < 4.78 is 16.1. The number of amides is 1. The van der Waals surface area contributed by atoms with Crippen LogP contribution in [-0.2, 0) is 17.8 Å². The molecule has 0 atom stereocenters. The molecule has 28 heavy (non-hydrogen) atoms. The molecule has 150 valence electrons. The van der Waals surface area contributed by atoms with E-state index < -0.39 is 0 Å². The van der Waals surface area contributed by atoms with Crippen molar-refractivity contribution in [2.75, 3.05) is 39.7 Å². The van der Waals surface area contributed by atoms with Crippen LogP contribution >= 0.6 is 11.6 Å². The van der Waals surface area contributed by atoms with Crippen molar-refractivity contribution in [2.24, 2.45) is 0 Å². The summed E-state index contributed by atoms with van der Waals surface area (Å²) >= 11 is 6.13. The summed E-state index contributed by atoms with van der Waals surface area (Å²) in [5.74, 6) is 1.89. The zero-order valence-corrected chi connectivity index (χ0v) is 17.4. The number of ether oxygens (including phenoxy) is 3. The van der Waals surface area contributed by atoms with Crippen LogP contribution in [0.2, 0.25) is 5.02 Å². The second-order valence-corrected chi connectivity index (χ2v) is 7.19. The number of fused-ring (bicyclic) bond motifs is 1. The smallest absolute Gasteiger partial charge is 0.238 e. The van der Waals surface area contributed by atoms with Crippen LogP contribution in [0.3, 0.4) is 0 Å². The lowest BCUT2D eigenvalue weighted by atomic mass is 9.99. The van der Waals surface area contributed by atoms with Gasteiger partial charge in [0.1, 0.15) is 5.75 Å². The van der Waals surface area contributed by atoms with Crippen molar-refractivity contribution in [3.63, 3.8) is 0 Å². The molecule has 2 aromatic carbocycles. The third kappa shape index (κ3) is 4.34. The van der Waals surface area contributed by atoms with Crippen LogP contribution in [0.25, 0.3) is 0 Å². The molecule has 1 aliphatic heterocycles.